The third kappa shape index (κ3) is 4.48. The molecule has 4 aromatic rings. The van der Waals surface area contributed by atoms with Gasteiger partial charge in [0.2, 0.25) is 0 Å². The second kappa shape index (κ2) is 9.31. The number of aryl methyl sites for hydroxylation is 1. The van der Waals surface area contributed by atoms with E-state index in [1.807, 2.05) is 18.2 Å². The molecule has 1 N–H and O–H groups in total. The molecule has 1 saturated heterocycles. The van der Waals surface area contributed by atoms with Gasteiger partial charge in [-0.3, -0.25) is 14.3 Å². The SMILES string of the molecule is COc1ccc2cnn(C)c2c1NS(=O)(=O)c1cnn(-c2cc(C(C)N3CCCCC3)ccn2)c1. The molecule has 0 aliphatic carbocycles. The van der Waals surface area contributed by atoms with Crippen molar-refractivity contribution in [3.05, 3.63) is 54.6 Å². The van der Waals surface area contributed by atoms with Gasteiger partial charge >= 0.3 is 0 Å². The first-order valence-electron chi connectivity index (χ1n) is 11.6. The quantitative estimate of drug-likeness (QED) is 0.418. The molecule has 11 heteroatoms. The van der Waals surface area contributed by atoms with E-state index in [0.29, 0.717) is 22.8 Å². The molecule has 0 radical (unpaired) electrons. The van der Waals surface area contributed by atoms with Crippen LogP contribution in [-0.2, 0) is 17.1 Å². The molecule has 1 unspecified atom stereocenters. The maximum atomic E-state index is 13.3. The van der Waals surface area contributed by atoms with E-state index >= 15 is 0 Å². The van der Waals surface area contributed by atoms with Gasteiger partial charge in [0.05, 0.1) is 31.2 Å². The van der Waals surface area contributed by atoms with Crippen LogP contribution in [0.5, 0.6) is 5.75 Å². The number of ether oxygens (including phenoxy) is 1. The normalized spacial score (nSPS) is 15.9. The molecular weight excluding hydrogens is 466 g/mol. The Hall–Kier alpha value is -3.44. The summed E-state index contributed by atoms with van der Waals surface area (Å²) in [5.41, 5.74) is 2.08. The van der Waals surface area contributed by atoms with Crippen LogP contribution < -0.4 is 9.46 Å². The largest absolute Gasteiger partial charge is 0.494 e. The number of aromatic nitrogens is 5. The Morgan fingerprint density at radius 2 is 1.89 bits per heavy atom. The molecule has 184 valence electrons. The minimum atomic E-state index is -3.95. The Bertz CT molecular complexity index is 1460. The molecule has 0 amide bonds. The third-order valence-corrected chi connectivity index (χ3v) is 7.92. The van der Waals surface area contributed by atoms with Crippen molar-refractivity contribution in [2.75, 3.05) is 24.9 Å². The van der Waals surface area contributed by atoms with Gasteiger partial charge in [0.1, 0.15) is 16.3 Å². The number of likely N-dealkylation sites (tertiary alicyclic amines) is 1. The predicted molar refractivity (Wildman–Crippen MR) is 133 cm³/mol. The van der Waals surface area contributed by atoms with Crippen molar-refractivity contribution in [3.63, 3.8) is 0 Å². The molecule has 1 aliphatic rings. The van der Waals surface area contributed by atoms with Crippen LogP contribution in [0.3, 0.4) is 0 Å². The number of anilines is 1. The van der Waals surface area contributed by atoms with Crippen LogP contribution in [0.15, 0.2) is 53.9 Å². The maximum Gasteiger partial charge on any atom is 0.265 e. The molecule has 1 fully saturated rings. The summed E-state index contributed by atoms with van der Waals surface area (Å²) in [5.74, 6) is 0.970. The summed E-state index contributed by atoms with van der Waals surface area (Å²) in [4.78, 5) is 6.92. The number of pyridine rings is 1. The summed E-state index contributed by atoms with van der Waals surface area (Å²) in [6.07, 6.45) is 9.92. The molecular formula is C24H29N7O3S. The van der Waals surface area contributed by atoms with Crippen LogP contribution in [0.25, 0.3) is 16.7 Å². The predicted octanol–water partition coefficient (Wildman–Crippen LogP) is 3.51. The summed E-state index contributed by atoms with van der Waals surface area (Å²) in [5, 5.41) is 9.32. The molecule has 10 nitrogen and oxygen atoms in total. The van der Waals surface area contributed by atoms with Crippen molar-refractivity contribution in [1.29, 1.82) is 0 Å². The summed E-state index contributed by atoms with van der Waals surface area (Å²) < 4.78 is 37.8. The first kappa shape index (κ1) is 23.3. The van der Waals surface area contributed by atoms with Gasteiger partial charge in [-0.2, -0.15) is 10.2 Å². The molecule has 35 heavy (non-hydrogen) atoms. The van der Waals surface area contributed by atoms with Crippen molar-refractivity contribution in [2.45, 2.75) is 37.1 Å². The lowest BCUT2D eigenvalue weighted by Crippen LogP contribution is -2.32. The molecule has 4 heterocycles. The van der Waals surface area contributed by atoms with Gasteiger partial charge in [-0.05, 0) is 62.7 Å². The maximum absolute atomic E-state index is 13.3. The highest BCUT2D eigenvalue weighted by Gasteiger charge is 2.23. The van der Waals surface area contributed by atoms with Crippen LogP contribution >= 0.6 is 0 Å². The van der Waals surface area contributed by atoms with Gasteiger partial charge in [-0.15, -0.1) is 0 Å². The number of nitrogens with zero attached hydrogens (tertiary/aromatic N) is 6. The van der Waals surface area contributed by atoms with Crippen molar-refractivity contribution >= 4 is 26.6 Å². The van der Waals surface area contributed by atoms with Crippen LogP contribution in [0.2, 0.25) is 0 Å². The van der Waals surface area contributed by atoms with E-state index in [-0.39, 0.29) is 10.9 Å². The zero-order chi connectivity index (χ0) is 24.6. The van der Waals surface area contributed by atoms with Crippen molar-refractivity contribution in [3.8, 4) is 11.6 Å². The number of benzene rings is 1. The molecule has 0 spiro atoms. The van der Waals surface area contributed by atoms with Gasteiger partial charge < -0.3 is 4.74 Å². The van der Waals surface area contributed by atoms with Crippen LogP contribution in [0.4, 0.5) is 5.69 Å². The van der Waals surface area contributed by atoms with Gasteiger partial charge in [-0.1, -0.05) is 6.42 Å². The standard InChI is InChI=1S/C24H29N7O3S/c1-17(30-11-5-4-6-12-30)18-9-10-25-22(13-18)31-16-20(15-27-31)35(32,33)28-23-21(34-3)8-7-19-14-26-29(2)24(19)23/h7-10,13-17,28H,4-6,11-12H2,1-3H3. The van der Waals surface area contributed by atoms with E-state index in [0.717, 1.165) is 24.0 Å². The van der Waals surface area contributed by atoms with E-state index < -0.39 is 10.0 Å². The smallest absolute Gasteiger partial charge is 0.265 e. The number of hydrogen-bond acceptors (Lipinski definition) is 7. The second-order valence-corrected chi connectivity index (χ2v) is 10.5. The van der Waals surface area contributed by atoms with E-state index in [9.17, 15) is 8.42 Å². The number of nitrogens with one attached hydrogen (secondary N) is 1. The number of hydrogen-bond donors (Lipinski definition) is 1. The highest BCUT2D eigenvalue weighted by atomic mass is 32.2. The van der Waals surface area contributed by atoms with Gasteiger partial charge in [0, 0.05) is 24.7 Å². The minimum Gasteiger partial charge on any atom is -0.494 e. The Labute approximate surface area is 204 Å². The topological polar surface area (TPSA) is 107 Å². The fraction of sp³-hybridized carbons (Fsp3) is 0.375. The van der Waals surface area contributed by atoms with Gasteiger partial charge in [0.15, 0.2) is 5.82 Å². The Morgan fingerprint density at radius 3 is 2.66 bits per heavy atom. The number of rotatable bonds is 7. The Morgan fingerprint density at radius 1 is 1.09 bits per heavy atom. The zero-order valence-electron chi connectivity index (χ0n) is 20.0. The fourth-order valence-electron chi connectivity index (χ4n) is 4.62. The number of piperidine rings is 1. The number of methoxy groups -OCH3 is 1. The van der Waals surface area contributed by atoms with Gasteiger partial charge in [0.25, 0.3) is 10.0 Å². The van der Waals surface area contributed by atoms with Crippen molar-refractivity contribution in [2.24, 2.45) is 7.05 Å². The highest BCUT2D eigenvalue weighted by molar-refractivity contribution is 7.92. The number of sulfonamides is 1. The van der Waals surface area contributed by atoms with Crippen molar-refractivity contribution < 1.29 is 13.2 Å². The molecule has 1 aliphatic heterocycles. The molecule has 1 aromatic carbocycles. The Balaban J connectivity index is 1.43. The fourth-order valence-corrected chi connectivity index (χ4v) is 5.62. The minimum absolute atomic E-state index is 0.0232. The summed E-state index contributed by atoms with van der Waals surface area (Å²) in [7, 11) is -0.705. The van der Waals surface area contributed by atoms with Crippen LogP contribution in [-0.4, -0.2) is 58.1 Å². The molecule has 0 bridgehead atoms. The lowest BCUT2D eigenvalue weighted by atomic mass is 10.0. The van der Waals surface area contributed by atoms with Crippen LogP contribution in [0, 0.1) is 0 Å². The van der Waals surface area contributed by atoms with E-state index in [4.69, 9.17) is 4.74 Å². The van der Waals surface area contributed by atoms with E-state index in [2.05, 4.69) is 31.7 Å². The first-order valence-corrected chi connectivity index (χ1v) is 13.1. The molecule has 1 atom stereocenters. The molecule has 5 rings (SSSR count). The van der Waals surface area contributed by atoms with E-state index in [1.165, 1.54) is 43.4 Å². The van der Waals surface area contributed by atoms with Crippen molar-refractivity contribution in [1.82, 2.24) is 29.4 Å². The highest BCUT2D eigenvalue weighted by Crippen LogP contribution is 2.34. The summed E-state index contributed by atoms with van der Waals surface area (Å²) in [6, 6.07) is 7.77. The average molecular weight is 496 g/mol. The van der Waals surface area contributed by atoms with Crippen LogP contribution in [0.1, 0.15) is 37.8 Å². The summed E-state index contributed by atoms with van der Waals surface area (Å²) >= 11 is 0. The van der Waals surface area contributed by atoms with E-state index in [1.54, 1.807) is 30.2 Å². The third-order valence-electron chi connectivity index (χ3n) is 6.62. The molecule has 3 aromatic heterocycles. The Kier molecular flexibility index (Phi) is 6.20. The van der Waals surface area contributed by atoms with Gasteiger partial charge in [-0.25, -0.2) is 18.1 Å². The lowest BCUT2D eigenvalue weighted by Gasteiger charge is -2.32. The second-order valence-electron chi connectivity index (χ2n) is 8.79. The number of fused-ring (bicyclic) bond motifs is 1. The zero-order valence-corrected chi connectivity index (χ0v) is 20.9. The lowest BCUT2D eigenvalue weighted by molar-refractivity contribution is 0.175. The average Bonchev–Trinajstić information content (AvgIpc) is 3.52. The summed E-state index contributed by atoms with van der Waals surface area (Å²) in [6.45, 7) is 4.36. The molecule has 0 saturated carbocycles. The first-order chi connectivity index (χ1) is 16.9. The monoisotopic (exact) mass is 495 g/mol.